The van der Waals surface area contributed by atoms with Crippen molar-refractivity contribution < 1.29 is 26.4 Å². The van der Waals surface area contributed by atoms with E-state index < -0.39 is 26.7 Å². The first-order valence-electron chi connectivity index (χ1n) is 9.00. The molecule has 8 nitrogen and oxygen atoms in total. The van der Waals surface area contributed by atoms with Crippen molar-refractivity contribution in [3.8, 4) is 0 Å². The quantitative estimate of drug-likeness (QED) is 0.722. The summed E-state index contributed by atoms with van der Waals surface area (Å²) in [7, 11) is -4.03. The SMILES string of the molecule is O=C1CCCN1Cc1cn(C2CN(S(=O)(=O)c3cccc(C(F)(F)F)c3)C2)nn1. The van der Waals surface area contributed by atoms with Gasteiger partial charge in [-0.3, -0.25) is 4.79 Å². The van der Waals surface area contributed by atoms with E-state index in [1.807, 2.05) is 0 Å². The Balaban J connectivity index is 1.41. The van der Waals surface area contributed by atoms with Gasteiger partial charge in [0, 0.05) is 26.1 Å². The molecule has 0 aliphatic carbocycles. The maximum Gasteiger partial charge on any atom is 0.416 e. The zero-order chi connectivity index (χ0) is 20.8. The zero-order valence-electron chi connectivity index (χ0n) is 15.2. The Hall–Kier alpha value is -2.47. The highest BCUT2D eigenvalue weighted by Crippen LogP contribution is 2.33. The number of likely N-dealkylation sites (tertiary alicyclic amines) is 1. The standard InChI is InChI=1S/C17H18F3N5O3S/c18-17(19,20)12-3-1-4-15(7-12)29(27,28)24-10-14(11-24)25-9-13(21-22-25)8-23-6-2-5-16(23)26/h1,3-4,7,9,14H,2,5-6,8,10-11H2. The van der Waals surface area contributed by atoms with E-state index in [1.165, 1.54) is 4.68 Å². The van der Waals surface area contributed by atoms with Gasteiger partial charge in [0.05, 0.1) is 29.2 Å². The minimum atomic E-state index is -4.61. The van der Waals surface area contributed by atoms with Crippen LogP contribution in [0.15, 0.2) is 35.4 Å². The lowest BCUT2D eigenvalue weighted by Gasteiger charge is -2.37. The Kier molecular flexibility index (Phi) is 4.85. The lowest BCUT2D eigenvalue weighted by Crippen LogP contribution is -2.50. The van der Waals surface area contributed by atoms with Crippen molar-refractivity contribution >= 4 is 15.9 Å². The molecule has 156 valence electrons. The fourth-order valence-corrected chi connectivity index (χ4v) is 4.95. The second kappa shape index (κ2) is 7.10. The van der Waals surface area contributed by atoms with Crippen LogP contribution in [0, 0.1) is 0 Å². The first kappa shape index (κ1) is 19.8. The molecule has 2 aromatic rings. The van der Waals surface area contributed by atoms with Crippen LogP contribution in [-0.4, -0.2) is 58.2 Å². The Labute approximate surface area is 164 Å². The molecule has 1 aromatic carbocycles. The van der Waals surface area contributed by atoms with E-state index in [4.69, 9.17) is 0 Å². The fraction of sp³-hybridized carbons (Fsp3) is 0.471. The third-order valence-corrected chi connectivity index (χ3v) is 6.91. The average molecular weight is 429 g/mol. The second-order valence-electron chi connectivity index (χ2n) is 7.11. The Bertz CT molecular complexity index is 1030. The summed E-state index contributed by atoms with van der Waals surface area (Å²) in [5.74, 6) is 0.0709. The summed E-state index contributed by atoms with van der Waals surface area (Å²) in [6.07, 6.45) is -1.60. The summed E-state index contributed by atoms with van der Waals surface area (Å²) in [5.41, 5.74) is -0.396. The van der Waals surface area contributed by atoms with E-state index in [0.717, 1.165) is 28.9 Å². The van der Waals surface area contributed by atoms with E-state index in [-0.39, 0.29) is 25.0 Å². The third-order valence-electron chi connectivity index (χ3n) is 5.08. The van der Waals surface area contributed by atoms with Crippen molar-refractivity contribution in [1.82, 2.24) is 24.2 Å². The Morgan fingerprint density at radius 1 is 1.21 bits per heavy atom. The number of nitrogens with zero attached hydrogens (tertiary/aromatic N) is 5. The number of alkyl halides is 3. The van der Waals surface area contributed by atoms with E-state index in [2.05, 4.69) is 10.3 Å². The molecule has 0 atom stereocenters. The zero-order valence-corrected chi connectivity index (χ0v) is 16.0. The average Bonchev–Trinajstić information content (AvgIpc) is 3.23. The highest BCUT2D eigenvalue weighted by atomic mass is 32.2. The largest absolute Gasteiger partial charge is 0.416 e. The van der Waals surface area contributed by atoms with Crippen molar-refractivity contribution in [2.24, 2.45) is 0 Å². The highest BCUT2D eigenvalue weighted by molar-refractivity contribution is 7.89. The molecule has 4 rings (SSSR count). The predicted molar refractivity (Wildman–Crippen MR) is 93.9 cm³/mol. The molecule has 12 heteroatoms. The second-order valence-corrected chi connectivity index (χ2v) is 9.05. The third kappa shape index (κ3) is 3.86. The maximum atomic E-state index is 12.9. The molecule has 2 saturated heterocycles. The number of hydrogen-bond acceptors (Lipinski definition) is 5. The van der Waals surface area contributed by atoms with Gasteiger partial charge in [0.2, 0.25) is 15.9 Å². The van der Waals surface area contributed by atoms with Gasteiger partial charge in [0.1, 0.15) is 5.69 Å². The molecule has 2 aliphatic rings. The van der Waals surface area contributed by atoms with Crippen LogP contribution in [-0.2, 0) is 27.5 Å². The lowest BCUT2D eigenvalue weighted by molar-refractivity contribution is -0.137. The molecule has 0 bridgehead atoms. The van der Waals surface area contributed by atoms with Crippen LogP contribution in [0.25, 0.3) is 0 Å². The van der Waals surface area contributed by atoms with Gasteiger partial charge in [-0.15, -0.1) is 5.10 Å². The fourth-order valence-electron chi connectivity index (χ4n) is 3.39. The van der Waals surface area contributed by atoms with Crippen LogP contribution < -0.4 is 0 Å². The number of benzene rings is 1. The van der Waals surface area contributed by atoms with Gasteiger partial charge in [0.25, 0.3) is 0 Å². The molecule has 2 aliphatic heterocycles. The summed E-state index contributed by atoms with van der Waals surface area (Å²) >= 11 is 0. The molecule has 3 heterocycles. The van der Waals surface area contributed by atoms with Crippen LogP contribution >= 0.6 is 0 Å². The molecule has 0 N–H and O–H groups in total. The van der Waals surface area contributed by atoms with Crippen LogP contribution in [0.5, 0.6) is 0 Å². The number of rotatable bonds is 5. The molecule has 0 radical (unpaired) electrons. The predicted octanol–water partition coefficient (Wildman–Crippen LogP) is 1.66. The molecular weight excluding hydrogens is 411 g/mol. The van der Waals surface area contributed by atoms with Crippen LogP contribution in [0.4, 0.5) is 13.2 Å². The summed E-state index contributed by atoms with van der Waals surface area (Å²) in [4.78, 5) is 13.0. The molecule has 0 saturated carbocycles. The van der Waals surface area contributed by atoms with E-state index >= 15 is 0 Å². The highest BCUT2D eigenvalue weighted by Gasteiger charge is 2.39. The van der Waals surface area contributed by atoms with Crippen LogP contribution in [0.1, 0.15) is 30.1 Å². The minimum Gasteiger partial charge on any atom is -0.337 e. The summed E-state index contributed by atoms with van der Waals surface area (Å²) in [6, 6.07) is 3.45. The van der Waals surface area contributed by atoms with Crippen molar-refractivity contribution in [2.75, 3.05) is 19.6 Å². The van der Waals surface area contributed by atoms with Crippen molar-refractivity contribution in [3.63, 3.8) is 0 Å². The van der Waals surface area contributed by atoms with Crippen LogP contribution in [0.2, 0.25) is 0 Å². The maximum absolute atomic E-state index is 12.9. The number of sulfonamides is 1. The number of aromatic nitrogens is 3. The topological polar surface area (TPSA) is 88.4 Å². The normalized spacial score (nSPS) is 19.0. The smallest absolute Gasteiger partial charge is 0.337 e. The Morgan fingerprint density at radius 2 is 1.97 bits per heavy atom. The lowest BCUT2D eigenvalue weighted by atomic mass is 10.2. The van der Waals surface area contributed by atoms with Gasteiger partial charge < -0.3 is 4.90 Å². The molecule has 2 fully saturated rings. The number of carbonyl (C=O) groups is 1. The Morgan fingerprint density at radius 3 is 2.62 bits per heavy atom. The first-order valence-corrected chi connectivity index (χ1v) is 10.4. The molecule has 0 unspecified atom stereocenters. The number of amides is 1. The van der Waals surface area contributed by atoms with E-state index in [0.29, 0.717) is 31.3 Å². The van der Waals surface area contributed by atoms with Crippen molar-refractivity contribution in [3.05, 3.63) is 41.7 Å². The van der Waals surface area contributed by atoms with Gasteiger partial charge in [0.15, 0.2) is 0 Å². The number of hydrogen-bond donors (Lipinski definition) is 0. The number of halogens is 3. The first-order chi connectivity index (χ1) is 13.6. The molecule has 1 aromatic heterocycles. The number of carbonyl (C=O) groups excluding carboxylic acids is 1. The summed E-state index contributed by atoms with van der Waals surface area (Å²) in [5, 5.41) is 8.03. The van der Waals surface area contributed by atoms with Crippen LogP contribution in [0.3, 0.4) is 0 Å². The van der Waals surface area contributed by atoms with E-state index in [1.54, 1.807) is 11.1 Å². The molecule has 29 heavy (non-hydrogen) atoms. The molecular formula is C17H18F3N5O3S. The van der Waals surface area contributed by atoms with Gasteiger partial charge in [-0.25, -0.2) is 13.1 Å². The summed E-state index contributed by atoms with van der Waals surface area (Å²) < 4.78 is 66.4. The van der Waals surface area contributed by atoms with E-state index in [9.17, 15) is 26.4 Å². The van der Waals surface area contributed by atoms with Crippen molar-refractivity contribution in [1.29, 1.82) is 0 Å². The molecule has 0 spiro atoms. The monoisotopic (exact) mass is 429 g/mol. The van der Waals surface area contributed by atoms with Gasteiger partial charge in [-0.1, -0.05) is 11.3 Å². The minimum absolute atomic E-state index is 0.0709. The molecule has 1 amide bonds. The van der Waals surface area contributed by atoms with Gasteiger partial charge in [-0.2, -0.15) is 17.5 Å². The van der Waals surface area contributed by atoms with Crippen molar-refractivity contribution in [2.45, 2.75) is 36.5 Å². The summed E-state index contributed by atoms with van der Waals surface area (Å²) in [6.45, 7) is 1.21. The van der Waals surface area contributed by atoms with Gasteiger partial charge in [-0.05, 0) is 24.6 Å². The van der Waals surface area contributed by atoms with Gasteiger partial charge >= 0.3 is 6.18 Å².